The van der Waals surface area contributed by atoms with Gasteiger partial charge in [-0.1, -0.05) is 18.2 Å². The van der Waals surface area contributed by atoms with Gasteiger partial charge < -0.3 is 9.72 Å². The fourth-order valence-electron chi connectivity index (χ4n) is 4.43. The molecule has 1 atom stereocenters. The number of rotatable bonds is 4. The lowest BCUT2D eigenvalue weighted by atomic mass is 10.00. The van der Waals surface area contributed by atoms with Crippen LogP contribution in [0.4, 0.5) is 17.6 Å². The fourth-order valence-corrected chi connectivity index (χ4v) is 4.43. The van der Waals surface area contributed by atoms with E-state index < -0.39 is 35.7 Å². The van der Waals surface area contributed by atoms with Gasteiger partial charge in [0.1, 0.15) is 11.8 Å². The van der Waals surface area contributed by atoms with E-state index >= 15 is 0 Å². The number of hydrogen-bond acceptors (Lipinski definition) is 5. The van der Waals surface area contributed by atoms with Crippen molar-refractivity contribution >= 4 is 22.2 Å². The first-order valence-electron chi connectivity index (χ1n) is 10.7. The minimum atomic E-state index is -3.62. The topological polar surface area (TPSA) is 90.6 Å². The van der Waals surface area contributed by atoms with Gasteiger partial charge in [0.25, 0.3) is 0 Å². The van der Waals surface area contributed by atoms with E-state index in [4.69, 9.17) is 4.74 Å². The summed E-state index contributed by atoms with van der Waals surface area (Å²) in [7, 11) is 0. The monoisotopic (exact) mass is 484 g/mol. The summed E-state index contributed by atoms with van der Waals surface area (Å²) in [5.41, 5.74) is 0.877. The first-order valence-corrected chi connectivity index (χ1v) is 10.7. The van der Waals surface area contributed by atoms with Gasteiger partial charge in [0.05, 0.1) is 29.9 Å². The number of fused-ring (bicyclic) bond motifs is 3. The van der Waals surface area contributed by atoms with Crippen molar-refractivity contribution in [1.29, 1.82) is 0 Å². The maximum atomic E-state index is 14.3. The van der Waals surface area contributed by atoms with Crippen molar-refractivity contribution in [3.8, 4) is 11.7 Å². The number of ether oxygens (including phenoxy) is 1. The van der Waals surface area contributed by atoms with E-state index in [0.717, 1.165) is 12.1 Å². The Hall–Kier alpha value is -4.22. The predicted molar refractivity (Wildman–Crippen MR) is 117 cm³/mol. The van der Waals surface area contributed by atoms with Gasteiger partial charge in [-0.25, -0.2) is 23.5 Å². The smallest absolute Gasteiger partial charge is 0.328 e. The Morgan fingerprint density at radius 1 is 1.20 bits per heavy atom. The molecule has 0 radical (unpaired) electrons. The lowest BCUT2D eigenvalue weighted by Gasteiger charge is -2.26. The maximum absolute atomic E-state index is 14.3. The van der Waals surface area contributed by atoms with Gasteiger partial charge in [-0.3, -0.25) is 9.13 Å². The van der Waals surface area contributed by atoms with E-state index in [-0.39, 0.29) is 29.5 Å². The number of nitrogens with zero attached hydrogens (tertiary/aromatic N) is 5. The SMILES string of the molecule is O=c1[nH]c2cnc(-n3cnc4cc(C(F)(F)CF)ccc43)nc2n1C1CCOc2c(F)cccc21. The molecule has 6 rings (SSSR count). The molecule has 178 valence electrons. The summed E-state index contributed by atoms with van der Waals surface area (Å²) >= 11 is 0. The third kappa shape index (κ3) is 3.27. The summed E-state index contributed by atoms with van der Waals surface area (Å²) in [6.45, 7) is -1.60. The van der Waals surface area contributed by atoms with Gasteiger partial charge in [-0.15, -0.1) is 0 Å². The molecule has 0 aliphatic carbocycles. The molecule has 0 saturated heterocycles. The van der Waals surface area contributed by atoms with Crippen LogP contribution in [-0.4, -0.2) is 42.4 Å². The summed E-state index contributed by atoms with van der Waals surface area (Å²) in [4.78, 5) is 28.6. The molecule has 0 bridgehead atoms. The summed E-state index contributed by atoms with van der Waals surface area (Å²) in [6, 6.07) is 7.64. The first kappa shape index (κ1) is 21.3. The minimum Gasteiger partial charge on any atom is -0.490 e. The molecule has 12 heteroatoms. The van der Waals surface area contributed by atoms with Gasteiger partial charge in [0, 0.05) is 17.5 Å². The lowest BCUT2D eigenvalue weighted by molar-refractivity contribution is -0.0279. The average Bonchev–Trinajstić information content (AvgIpc) is 3.43. The number of nitrogens with one attached hydrogen (secondary N) is 1. The van der Waals surface area contributed by atoms with Crippen LogP contribution in [0.25, 0.3) is 28.1 Å². The molecular weight excluding hydrogens is 468 g/mol. The Labute approximate surface area is 193 Å². The molecule has 8 nitrogen and oxygen atoms in total. The molecule has 1 aliphatic rings. The zero-order valence-electron chi connectivity index (χ0n) is 17.9. The molecule has 1 N–H and O–H groups in total. The minimum absolute atomic E-state index is 0.0979. The highest BCUT2D eigenvalue weighted by atomic mass is 19.3. The molecule has 5 aromatic rings. The number of alkyl halides is 3. The third-order valence-electron chi connectivity index (χ3n) is 6.10. The zero-order valence-corrected chi connectivity index (χ0v) is 17.9. The van der Waals surface area contributed by atoms with Gasteiger partial charge >= 0.3 is 11.6 Å². The van der Waals surface area contributed by atoms with Crippen LogP contribution in [0.15, 0.2) is 53.7 Å². The van der Waals surface area contributed by atoms with Crippen molar-refractivity contribution in [1.82, 2.24) is 29.1 Å². The standard InChI is InChI=1S/C23H16F4N6O2/c24-10-23(26,27)12-4-5-18-15(8-12)29-11-32(18)21-28-9-16-20(31-21)33(22(34)30-16)17-6-7-35-19-13(17)2-1-3-14(19)25/h1-5,8-9,11,17H,6-7,10H2,(H,30,34). The van der Waals surface area contributed by atoms with Gasteiger partial charge in [-0.2, -0.15) is 13.8 Å². The van der Waals surface area contributed by atoms with Crippen molar-refractivity contribution in [3.63, 3.8) is 0 Å². The molecule has 3 aromatic heterocycles. The predicted octanol–water partition coefficient (Wildman–Crippen LogP) is 4.03. The van der Waals surface area contributed by atoms with Crippen LogP contribution in [0.2, 0.25) is 0 Å². The molecule has 0 fully saturated rings. The molecule has 1 aliphatic heterocycles. The Morgan fingerprint density at radius 2 is 2.06 bits per heavy atom. The highest BCUT2D eigenvalue weighted by Gasteiger charge is 2.32. The molecule has 0 spiro atoms. The summed E-state index contributed by atoms with van der Waals surface area (Å²) < 4.78 is 63.0. The quantitative estimate of drug-likeness (QED) is 0.389. The average molecular weight is 484 g/mol. The Bertz CT molecular complexity index is 1660. The number of halogens is 4. The van der Waals surface area contributed by atoms with Crippen LogP contribution < -0.4 is 10.4 Å². The van der Waals surface area contributed by atoms with Gasteiger partial charge in [0.2, 0.25) is 5.95 Å². The van der Waals surface area contributed by atoms with E-state index in [1.807, 2.05) is 0 Å². The zero-order chi connectivity index (χ0) is 24.3. The number of hydrogen-bond donors (Lipinski definition) is 1. The van der Waals surface area contributed by atoms with Crippen LogP contribution >= 0.6 is 0 Å². The molecule has 0 amide bonds. The third-order valence-corrected chi connectivity index (χ3v) is 6.10. The van der Waals surface area contributed by atoms with E-state index in [2.05, 4.69) is 19.9 Å². The molecule has 1 unspecified atom stereocenters. The summed E-state index contributed by atoms with van der Waals surface area (Å²) in [5.74, 6) is -3.89. The number of benzene rings is 2. The van der Waals surface area contributed by atoms with E-state index in [1.54, 1.807) is 12.1 Å². The Balaban J connectivity index is 1.49. The van der Waals surface area contributed by atoms with Crippen LogP contribution in [0.1, 0.15) is 23.6 Å². The first-order chi connectivity index (χ1) is 16.9. The molecule has 4 heterocycles. The second kappa shape index (κ2) is 7.65. The van der Waals surface area contributed by atoms with Crippen LogP contribution in [0, 0.1) is 5.82 Å². The Morgan fingerprint density at radius 3 is 2.89 bits per heavy atom. The van der Waals surface area contributed by atoms with Gasteiger partial charge in [0.15, 0.2) is 23.9 Å². The largest absolute Gasteiger partial charge is 0.490 e. The second-order valence-electron chi connectivity index (χ2n) is 8.17. The highest BCUT2D eigenvalue weighted by Crippen LogP contribution is 2.37. The van der Waals surface area contributed by atoms with Crippen LogP contribution in [0.3, 0.4) is 0 Å². The van der Waals surface area contributed by atoms with Crippen molar-refractivity contribution in [2.75, 3.05) is 13.3 Å². The number of imidazole rings is 2. The van der Waals surface area contributed by atoms with Crippen molar-refractivity contribution in [3.05, 3.63) is 76.4 Å². The van der Waals surface area contributed by atoms with E-state index in [0.29, 0.717) is 23.0 Å². The van der Waals surface area contributed by atoms with Gasteiger partial charge in [-0.05, 0) is 18.2 Å². The normalized spacial score (nSPS) is 15.9. The maximum Gasteiger partial charge on any atom is 0.328 e. The van der Waals surface area contributed by atoms with Crippen LogP contribution in [-0.2, 0) is 5.92 Å². The van der Waals surface area contributed by atoms with E-state index in [9.17, 15) is 22.4 Å². The number of aromatic nitrogens is 6. The molecule has 2 aromatic carbocycles. The number of H-pyrrole nitrogens is 1. The fraction of sp³-hybridized carbons (Fsp3) is 0.217. The lowest BCUT2D eigenvalue weighted by Crippen LogP contribution is -2.28. The highest BCUT2D eigenvalue weighted by molar-refractivity contribution is 5.78. The van der Waals surface area contributed by atoms with Crippen molar-refractivity contribution in [2.24, 2.45) is 0 Å². The summed E-state index contributed by atoms with van der Waals surface area (Å²) in [6.07, 6.45) is 3.21. The number of aromatic amines is 1. The summed E-state index contributed by atoms with van der Waals surface area (Å²) in [5, 5.41) is 0. The molecule has 0 saturated carbocycles. The van der Waals surface area contributed by atoms with Crippen LogP contribution in [0.5, 0.6) is 5.75 Å². The number of para-hydroxylation sites is 1. The molecule has 35 heavy (non-hydrogen) atoms. The van der Waals surface area contributed by atoms with Crippen molar-refractivity contribution in [2.45, 2.75) is 18.4 Å². The molecular formula is C23H16F4N6O2. The van der Waals surface area contributed by atoms with E-state index in [1.165, 1.54) is 33.8 Å². The second-order valence-corrected chi connectivity index (χ2v) is 8.17. The Kier molecular flexibility index (Phi) is 4.66. The van der Waals surface area contributed by atoms with Crippen molar-refractivity contribution < 1.29 is 22.3 Å².